The topological polar surface area (TPSA) is 167 Å². The van der Waals surface area contributed by atoms with Crippen molar-refractivity contribution < 1.29 is 58.1 Å². The fourth-order valence-electron chi connectivity index (χ4n) is 15.4. The molecule has 3 N–H and O–H groups in total. The Kier molecular flexibility index (Phi) is 10.1. The summed E-state index contributed by atoms with van der Waals surface area (Å²) in [6.45, 7) is 22.2. The summed E-state index contributed by atoms with van der Waals surface area (Å²) < 4.78 is 36.0. The second-order valence-electron chi connectivity index (χ2n) is 22.0. The van der Waals surface area contributed by atoms with Crippen molar-refractivity contribution in [3.63, 3.8) is 0 Å². The number of carbonyl (C=O) groups excluding carboxylic acids is 3. The fraction of sp³-hybridized carbons (Fsp3) is 0.706. The monoisotopic (exact) mass is 870 g/mol. The van der Waals surface area contributed by atoms with Gasteiger partial charge in [-0.05, 0) is 116 Å². The number of aliphatic hydroxyl groups is 3. The highest BCUT2D eigenvalue weighted by atomic mass is 16.8. The van der Waals surface area contributed by atoms with E-state index in [0.717, 1.165) is 19.3 Å². The molecule has 0 aromatic carbocycles. The predicted molar refractivity (Wildman–Crippen MR) is 229 cm³/mol. The van der Waals surface area contributed by atoms with E-state index in [4.69, 9.17) is 28.4 Å². The molecule has 12 nitrogen and oxygen atoms in total. The maximum atomic E-state index is 13.0. The molecule has 6 saturated carbocycles. The Balaban J connectivity index is 0.000000112. The lowest BCUT2D eigenvalue weighted by Gasteiger charge is -2.47. The summed E-state index contributed by atoms with van der Waals surface area (Å²) in [4.78, 5) is 39.0. The molecule has 0 unspecified atom stereocenters. The van der Waals surface area contributed by atoms with Gasteiger partial charge in [-0.15, -0.1) is 19.7 Å². The summed E-state index contributed by atoms with van der Waals surface area (Å²) >= 11 is 0. The highest BCUT2D eigenvalue weighted by molar-refractivity contribution is 5.91. The van der Waals surface area contributed by atoms with E-state index in [1.54, 1.807) is 59.8 Å². The zero-order valence-corrected chi connectivity index (χ0v) is 37.5. The summed E-state index contributed by atoms with van der Waals surface area (Å²) in [7, 11) is 0. The average molecular weight is 871 g/mol. The number of hydrogen-bond acceptors (Lipinski definition) is 12. The van der Waals surface area contributed by atoms with Crippen LogP contribution in [0.4, 0.5) is 0 Å². The van der Waals surface area contributed by atoms with Gasteiger partial charge in [-0.3, -0.25) is 14.4 Å². The first-order valence-electron chi connectivity index (χ1n) is 23.4. The number of rotatable bonds is 6. The van der Waals surface area contributed by atoms with Crippen LogP contribution in [-0.4, -0.2) is 103 Å². The van der Waals surface area contributed by atoms with Gasteiger partial charge >= 0.3 is 0 Å². The third kappa shape index (κ3) is 6.14. The Bertz CT molecular complexity index is 1840. The van der Waals surface area contributed by atoms with Crippen LogP contribution >= 0.6 is 0 Å². The molecule has 9 fully saturated rings. The molecule has 3 saturated heterocycles. The highest BCUT2D eigenvalue weighted by Gasteiger charge is 2.73. The Morgan fingerprint density at radius 1 is 0.476 bits per heavy atom. The summed E-state index contributed by atoms with van der Waals surface area (Å²) in [6.07, 6.45) is 18.1. The molecule has 63 heavy (non-hydrogen) atoms. The summed E-state index contributed by atoms with van der Waals surface area (Å²) in [5.41, 5.74) is -2.91. The first-order chi connectivity index (χ1) is 29.7. The Morgan fingerprint density at radius 2 is 0.714 bits per heavy atom. The van der Waals surface area contributed by atoms with Gasteiger partial charge in [0.2, 0.25) is 0 Å². The quantitative estimate of drug-likeness (QED) is 0.287. The van der Waals surface area contributed by atoms with Crippen LogP contribution in [0.1, 0.15) is 80.1 Å². The predicted octanol–water partition coefficient (Wildman–Crippen LogP) is 5.50. The Morgan fingerprint density at radius 3 is 0.952 bits per heavy atom. The van der Waals surface area contributed by atoms with Gasteiger partial charge in [0.25, 0.3) is 0 Å². The molecule has 21 atom stereocenters. The second-order valence-corrected chi connectivity index (χ2v) is 22.0. The van der Waals surface area contributed by atoms with Gasteiger partial charge in [-0.1, -0.05) is 54.7 Å². The molecular formula is C51H66O12. The molecular weight excluding hydrogens is 805 g/mol. The largest absolute Gasteiger partial charge is 0.390 e. The smallest absolute Gasteiger partial charge is 0.168 e. The van der Waals surface area contributed by atoms with E-state index in [2.05, 4.69) is 56.2 Å². The molecule has 12 aliphatic rings. The first-order valence-corrected chi connectivity index (χ1v) is 23.4. The van der Waals surface area contributed by atoms with Crippen molar-refractivity contribution in [2.45, 2.75) is 151 Å². The molecule has 3 heterocycles. The van der Waals surface area contributed by atoms with Crippen LogP contribution in [-0.2, 0) is 42.8 Å². The van der Waals surface area contributed by atoms with Crippen LogP contribution < -0.4 is 0 Å². The molecule has 3 aliphatic heterocycles. The highest BCUT2D eigenvalue weighted by Crippen LogP contribution is 2.62. The lowest BCUT2D eigenvalue weighted by molar-refractivity contribution is -0.197. The molecule has 342 valence electrons. The minimum atomic E-state index is -0.970. The maximum Gasteiger partial charge on any atom is 0.168 e. The second kappa shape index (κ2) is 14.5. The van der Waals surface area contributed by atoms with Gasteiger partial charge < -0.3 is 43.7 Å². The van der Waals surface area contributed by atoms with Crippen LogP contribution in [0.5, 0.6) is 0 Å². The summed E-state index contributed by atoms with van der Waals surface area (Å²) in [5.74, 6) is -1.07. The van der Waals surface area contributed by atoms with Gasteiger partial charge in [-0.2, -0.15) is 0 Å². The van der Waals surface area contributed by atoms with E-state index in [1.165, 1.54) is 0 Å². The van der Waals surface area contributed by atoms with Gasteiger partial charge in [0, 0.05) is 35.5 Å². The normalized spacial score (nSPS) is 52.8. The van der Waals surface area contributed by atoms with Crippen LogP contribution in [0.15, 0.2) is 74.4 Å². The number of carbonyl (C=O) groups is 3. The number of fused-ring (bicyclic) bond motifs is 18. The molecule has 12 rings (SSSR count). The zero-order valence-electron chi connectivity index (χ0n) is 37.5. The number of Topliss-reactive ketones (excluding diaryl/α,β-unsaturated/α-hetero) is 3. The molecule has 12 heteroatoms. The molecule has 0 amide bonds. The van der Waals surface area contributed by atoms with E-state index in [9.17, 15) is 29.7 Å². The van der Waals surface area contributed by atoms with Crippen molar-refractivity contribution in [3.8, 4) is 0 Å². The van der Waals surface area contributed by atoms with Crippen LogP contribution in [0.25, 0.3) is 0 Å². The van der Waals surface area contributed by atoms with E-state index in [1.807, 2.05) is 0 Å². The lowest BCUT2D eigenvalue weighted by atomic mass is 9.62. The third-order valence-electron chi connectivity index (χ3n) is 17.2. The fourth-order valence-corrected chi connectivity index (χ4v) is 15.4. The van der Waals surface area contributed by atoms with Gasteiger partial charge in [0.1, 0.15) is 16.8 Å². The number of ketones is 3. The van der Waals surface area contributed by atoms with E-state index < -0.39 is 70.8 Å². The summed E-state index contributed by atoms with van der Waals surface area (Å²) in [5, 5.41) is 33.2. The molecule has 6 bridgehead atoms. The van der Waals surface area contributed by atoms with E-state index in [-0.39, 0.29) is 88.4 Å². The van der Waals surface area contributed by atoms with Crippen LogP contribution in [0, 0.1) is 71.0 Å². The van der Waals surface area contributed by atoms with Gasteiger partial charge in [-0.25, -0.2) is 0 Å². The van der Waals surface area contributed by atoms with Crippen molar-refractivity contribution in [2.75, 3.05) is 0 Å². The SMILES string of the molecule is C=CC[C@@]12OC(C)(C)O[C@@H]1C(=O)[C@@H]1[C@@H]([C@@H]3C=C[C@H]1C3)[C@H]2O.C=CC[C@@]12OC(C)(C)O[C@@H]1C(=O)[C@@H]1[C@@H]([C@@H]3C=C[C@H]1C3)[C@H]2O.C=CC[C@]12OC(C)(C)O[C@H]1C(=O)[C@H]1[C@H]([C@H]3C=C[C@@H]1C3)[C@@H]2O. The van der Waals surface area contributed by atoms with Crippen molar-refractivity contribution in [3.05, 3.63) is 74.4 Å². The van der Waals surface area contributed by atoms with Crippen molar-refractivity contribution in [1.29, 1.82) is 0 Å². The molecule has 0 spiro atoms. The van der Waals surface area contributed by atoms with Gasteiger partial charge in [0.15, 0.2) is 53.0 Å². The number of aliphatic hydroxyl groups excluding tert-OH is 3. The molecule has 9 aliphatic carbocycles. The molecule has 0 radical (unpaired) electrons. The van der Waals surface area contributed by atoms with E-state index >= 15 is 0 Å². The summed E-state index contributed by atoms with van der Waals surface area (Å²) in [6, 6.07) is 0. The third-order valence-corrected chi connectivity index (χ3v) is 17.2. The van der Waals surface area contributed by atoms with Crippen molar-refractivity contribution in [2.24, 2.45) is 71.0 Å². The number of allylic oxidation sites excluding steroid dienone is 6. The number of hydrogen-bond donors (Lipinski definition) is 3. The minimum Gasteiger partial charge on any atom is -0.390 e. The van der Waals surface area contributed by atoms with Crippen LogP contribution in [0.2, 0.25) is 0 Å². The number of ether oxygens (including phenoxy) is 6. The molecule has 0 aromatic rings. The van der Waals surface area contributed by atoms with Crippen molar-refractivity contribution >= 4 is 17.3 Å². The standard InChI is InChI=1S/3C17H22O4/c3*1-4-7-17-14(19)12-10-6-5-9(8-10)11(12)13(18)15(17)20-16(2,3)21-17/h3*4-6,9-12,14-15,19H,1,7-8H2,2-3H3/t3*9-,10+,11-,12+,14+,15+,17-/m100/s1. The Hall–Kier alpha value is -2.91. The van der Waals surface area contributed by atoms with E-state index in [0.29, 0.717) is 19.3 Å². The zero-order chi connectivity index (χ0) is 45.0. The maximum absolute atomic E-state index is 13.0. The molecule has 0 aromatic heterocycles. The van der Waals surface area contributed by atoms with Gasteiger partial charge in [0.05, 0.1) is 18.3 Å². The Labute approximate surface area is 370 Å². The average Bonchev–Trinajstić information content (AvgIpc) is 4.08. The van der Waals surface area contributed by atoms with Crippen LogP contribution in [0.3, 0.4) is 0 Å². The first kappa shape index (κ1) is 44.0. The minimum absolute atomic E-state index is 0.0406. The van der Waals surface area contributed by atoms with Crippen molar-refractivity contribution in [1.82, 2.24) is 0 Å². The lowest BCUT2D eigenvalue weighted by Crippen LogP contribution is -2.64.